The second kappa shape index (κ2) is 10.2. The largest absolute Gasteiger partial charge is 0.328 e. The number of pyridine rings is 1. The van der Waals surface area contributed by atoms with E-state index in [0.717, 1.165) is 4.57 Å². The van der Waals surface area contributed by atoms with Crippen molar-refractivity contribution in [3.63, 3.8) is 0 Å². The predicted octanol–water partition coefficient (Wildman–Crippen LogP) is 2.43. The lowest BCUT2D eigenvalue weighted by atomic mass is 10.1. The summed E-state index contributed by atoms with van der Waals surface area (Å²) in [5.74, 6) is -1.22. The molecule has 0 aliphatic heterocycles. The van der Waals surface area contributed by atoms with Crippen LogP contribution in [0.4, 0.5) is 0 Å². The van der Waals surface area contributed by atoms with Crippen molar-refractivity contribution in [3.8, 4) is 11.3 Å². The normalized spacial score (nSPS) is 11.0. The second-order valence-electron chi connectivity index (χ2n) is 8.93. The van der Waals surface area contributed by atoms with Gasteiger partial charge in [-0.25, -0.2) is 9.78 Å². The third kappa shape index (κ3) is 4.73. The molecule has 5 aromatic rings. The van der Waals surface area contributed by atoms with Crippen LogP contribution in [0, 0.1) is 0 Å². The third-order valence-electron chi connectivity index (χ3n) is 6.19. The van der Waals surface area contributed by atoms with Crippen LogP contribution in [0.5, 0.6) is 0 Å². The van der Waals surface area contributed by atoms with Crippen LogP contribution in [0.2, 0.25) is 0 Å². The number of ketones is 1. The third-order valence-corrected chi connectivity index (χ3v) is 6.19. The Balaban J connectivity index is 1.59. The zero-order valence-corrected chi connectivity index (χ0v) is 21.1. The first-order chi connectivity index (χ1) is 18.8. The van der Waals surface area contributed by atoms with Crippen molar-refractivity contribution in [2.75, 3.05) is 0 Å². The van der Waals surface area contributed by atoms with Gasteiger partial charge in [-0.1, -0.05) is 25.1 Å². The molecule has 11 heteroatoms. The van der Waals surface area contributed by atoms with Gasteiger partial charge in [-0.2, -0.15) is 0 Å². The Kier molecular flexibility index (Phi) is 6.63. The minimum atomic E-state index is -0.505. The maximum absolute atomic E-state index is 13.7. The van der Waals surface area contributed by atoms with E-state index in [1.54, 1.807) is 53.1 Å². The van der Waals surface area contributed by atoms with Crippen LogP contribution in [0.3, 0.4) is 0 Å². The number of hydrogen-bond acceptors (Lipinski definition) is 6. The summed E-state index contributed by atoms with van der Waals surface area (Å²) in [5.41, 5.74) is 6.19. The Hall–Kier alpha value is -5.32. The smallest absolute Gasteiger partial charge is 0.307 e. The number of aromatic amines is 1. The van der Waals surface area contributed by atoms with Gasteiger partial charge >= 0.3 is 5.69 Å². The highest BCUT2D eigenvalue weighted by atomic mass is 16.2. The van der Waals surface area contributed by atoms with Crippen molar-refractivity contribution in [1.29, 1.82) is 0 Å². The number of aromatic nitrogens is 4. The van der Waals surface area contributed by atoms with Gasteiger partial charge in [-0.3, -0.25) is 39.0 Å². The van der Waals surface area contributed by atoms with E-state index in [2.05, 4.69) is 20.8 Å². The fourth-order valence-electron chi connectivity index (χ4n) is 4.38. The number of benzene rings is 2. The van der Waals surface area contributed by atoms with Crippen molar-refractivity contribution in [3.05, 3.63) is 105 Å². The minimum absolute atomic E-state index is 0.117. The number of imidazole rings is 1. The number of nitrogens with zero attached hydrogens (tertiary/aromatic N) is 3. The fraction of sp³-hybridized carbons (Fsp3) is 0.143. The standard InChI is InChI=1S/C28H24N6O5/c1-3-12-34-27(38)20-15-18(10-11-21(20)29-28(34)39)24(36)25-30-23(22-9-4-5-13-33(22)25)17-7-6-8-19(14-17)26(37)32-31-16(2)35/h4-11,13-15H,3,12H2,1-2H3,(H,29,39)(H,31,35)(H,32,37). The Morgan fingerprint density at radius 3 is 2.54 bits per heavy atom. The van der Waals surface area contributed by atoms with E-state index >= 15 is 0 Å². The number of rotatable bonds is 6. The summed E-state index contributed by atoms with van der Waals surface area (Å²) >= 11 is 0. The van der Waals surface area contributed by atoms with Crippen molar-refractivity contribution in [1.82, 2.24) is 29.8 Å². The van der Waals surface area contributed by atoms with Crippen molar-refractivity contribution < 1.29 is 14.4 Å². The number of fused-ring (bicyclic) bond motifs is 2. The molecule has 0 spiro atoms. The van der Waals surface area contributed by atoms with Crippen LogP contribution in [-0.2, 0) is 11.3 Å². The molecule has 0 saturated heterocycles. The number of hydrogen-bond donors (Lipinski definition) is 3. The second-order valence-corrected chi connectivity index (χ2v) is 8.93. The van der Waals surface area contributed by atoms with E-state index in [1.165, 1.54) is 19.1 Å². The molecule has 3 heterocycles. The summed E-state index contributed by atoms with van der Waals surface area (Å²) in [6.07, 6.45) is 2.31. The molecule has 0 unspecified atom stereocenters. The summed E-state index contributed by atoms with van der Waals surface area (Å²) in [7, 11) is 0. The highest BCUT2D eigenvalue weighted by molar-refractivity contribution is 6.09. The molecule has 0 fully saturated rings. The van der Waals surface area contributed by atoms with E-state index in [9.17, 15) is 24.0 Å². The molecule has 0 aliphatic carbocycles. The number of carbonyl (C=O) groups excluding carboxylic acids is 3. The monoisotopic (exact) mass is 524 g/mol. The van der Waals surface area contributed by atoms with Crippen LogP contribution >= 0.6 is 0 Å². The molecule has 3 N–H and O–H groups in total. The summed E-state index contributed by atoms with van der Waals surface area (Å²) in [6.45, 7) is 3.41. The van der Waals surface area contributed by atoms with E-state index in [0.29, 0.717) is 28.7 Å². The average Bonchev–Trinajstić information content (AvgIpc) is 3.33. The topological polar surface area (TPSA) is 147 Å². The number of nitrogens with one attached hydrogen (secondary N) is 3. The lowest BCUT2D eigenvalue weighted by Crippen LogP contribution is -2.40. The van der Waals surface area contributed by atoms with Gasteiger partial charge in [0.05, 0.1) is 22.1 Å². The SMILES string of the molecule is CCCn1c(=O)[nH]c2ccc(C(=O)c3nc(-c4cccc(C(=O)NNC(C)=O)c4)c4ccccn34)cc2c1=O. The first kappa shape index (κ1) is 25.3. The first-order valence-corrected chi connectivity index (χ1v) is 12.2. The quantitative estimate of drug-likeness (QED) is 0.230. The molecule has 0 saturated carbocycles. The Morgan fingerprint density at radius 2 is 1.77 bits per heavy atom. The van der Waals surface area contributed by atoms with E-state index in [4.69, 9.17) is 0 Å². The highest BCUT2D eigenvalue weighted by Gasteiger charge is 2.21. The van der Waals surface area contributed by atoms with Crippen molar-refractivity contribution >= 4 is 34.0 Å². The molecule has 0 bridgehead atoms. The van der Waals surface area contributed by atoms with Gasteiger partial charge in [0.15, 0.2) is 5.82 Å². The van der Waals surface area contributed by atoms with Crippen LogP contribution < -0.4 is 22.1 Å². The van der Waals surface area contributed by atoms with Gasteiger partial charge < -0.3 is 4.98 Å². The summed E-state index contributed by atoms with van der Waals surface area (Å²) < 4.78 is 2.77. The van der Waals surface area contributed by atoms with Gasteiger partial charge in [-0.05, 0) is 48.9 Å². The molecule has 2 aromatic carbocycles. The molecule has 5 rings (SSSR count). The van der Waals surface area contributed by atoms with Gasteiger partial charge in [0.1, 0.15) is 0 Å². The summed E-state index contributed by atoms with van der Waals surface area (Å²) in [5, 5.41) is 0.230. The van der Waals surface area contributed by atoms with Gasteiger partial charge in [-0.15, -0.1) is 0 Å². The van der Waals surface area contributed by atoms with Crippen LogP contribution in [0.1, 0.15) is 46.8 Å². The summed E-state index contributed by atoms with van der Waals surface area (Å²) in [6, 6.07) is 16.6. The van der Waals surface area contributed by atoms with Gasteiger partial charge in [0.25, 0.3) is 11.5 Å². The van der Waals surface area contributed by atoms with Crippen LogP contribution in [0.15, 0.2) is 76.4 Å². The average molecular weight is 525 g/mol. The van der Waals surface area contributed by atoms with Crippen LogP contribution in [-0.4, -0.2) is 36.5 Å². The molecule has 0 aliphatic rings. The van der Waals surface area contributed by atoms with E-state index in [1.807, 2.05) is 13.0 Å². The predicted molar refractivity (Wildman–Crippen MR) is 144 cm³/mol. The van der Waals surface area contributed by atoms with Crippen LogP contribution in [0.25, 0.3) is 27.7 Å². The molecule has 196 valence electrons. The number of hydrazine groups is 1. The van der Waals surface area contributed by atoms with Gasteiger partial charge in [0.2, 0.25) is 11.7 Å². The molecule has 39 heavy (non-hydrogen) atoms. The minimum Gasteiger partial charge on any atom is -0.307 e. The highest BCUT2D eigenvalue weighted by Crippen LogP contribution is 2.27. The number of carbonyl (C=O) groups is 3. The number of amides is 2. The molecule has 0 atom stereocenters. The molecular weight excluding hydrogens is 500 g/mol. The van der Waals surface area contributed by atoms with Crippen molar-refractivity contribution in [2.45, 2.75) is 26.8 Å². The maximum atomic E-state index is 13.7. The Morgan fingerprint density at radius 1 is 0.949 bits per heavy atom. The lowest BCUT2D eigenvalue weighted by Gasteiger charge is -2.06. The zero-order valence-electron chi connectivity index (χ0n) is 21.1. The molecule has 3 aromatic heterocycles. The molecule has 11 nitrogen and oxygen atoms in total. The Labute approximate surface area is 221 Å². The lowest BCUT2D eigenvalue weighted by molar-refractivity contribution is -0.119. The number of H-pyrrole nitrogens is 1. The van der Waals surface area contributed by atoms with E-state index in [-0.39, 0.29) is 28.9 Å². The molecule has 0 radical (unpaired) electrons. The molecule has 2 amide bonds. The van der Waals surface area contributed by atoms with Crippen molar-refractivity contribution in [2.24, 2.45) is 0 Å². The van der Waals surface area contributed by atoms with E-state index < -0.39 is 28.8 Å². The maximum Gasteiger partial charge on any atom is 0.328 e. The zero-order chi connectivity index (χ0) is 27.7. The Bertz CT molecular complexity index is 1900. The summed E-state index contributed by atoms with van der Waals surface area (Å²) in [4.78, 5) is 69.9. The first-order valence-electron chi connectivity index (χ1n) is 12.2. The fourth-order valence-corrected chi connectivity index (χ4v) is 4.38. The molecular formula is C28H24N6O5. The van der Waals surface area contributed by atoms with Gasteiger partial charge in [0, 0.05) is 36.4 Å².